The van der Waals surface area contributed by atoms with E-state index < -0.39 is 0 Å². The quantitative estimate of drug-likeness (QED) is 0.289. The molecule has 6 heteroatoms. The molecule has 0 aromatic heterocycles. The van der Waals surface area contributed by atoms with Gasteiger partial charge in [0.25, 0.3) is 5.91 Å². The fourth-order valence-corrected chi connectivity index (χ4v) is 1.91. The first-order valence-corrected chi connectivity index (χ1v) is 8.61. The van der Waals surface area contributed by atoms with Crippen molar-refractivity contribution in [3.8, 4) is 6.07 Å². The number of hydrogen-bond acceptors (Lipinski definition) is 5. The summed E-state index contributed by atoms with van der Waals surface area (Å²) in [6.45, 7) is 11.8. The molecule has 0 aliphatic heterocycles. The van der Waals surface area contributed by atoms with Crippen molar-refractivity contribution in [3.63, 3.8) is 0 Å². The summed E-state index contributed by atoms with van der Waals surface area (Å²) in [6, 6.07) is 1.93. The highest BCUT2D eigenvalue weighted by molar-refractivity contribution is 5.97. The Bertz CT molecular complexity index is 373. The summed E-state index contributed by atoms with van der Waals surface area (Å²) in [5.74, 6) is -0.337. The molecule has 0 rings (SSSR count). The molecule has 6 nitrogen and oxygen atoms in total. The largest absolute Gasteiger partial charge is 0.388 e. The SMILES string of the molecule is CCCCOCCCNC(=O)/C(C#N)=C\NCCN(CC)CC. The molecule has 0 unspecified atom stereocenters. The Morgan fingerprint density at radius 2 is 1.87 bits per heavy atom. The molecule has 1 amide bonds. The number of hydrogen-bond donors (Lipinski definition) is 2. The van der Waals surface area contributed by atoms with Crippen LogP contribution in [0.4, 0.5) is 0 Å². The number of ether oxygens (including phenoxy) is 1. The predicted molar refractivity (Wildman–Crippen MR) is 92.8 cm³/mol. The summed E-state index contributed by atoms with van der Waals surface area (Å²) in [5.41, 5.74) is 0.108. The number of unbranched alkanes of at least 4 members (excludes halogenated alkanes) is 1. The smallest absolute Gasteiger partial charge is 0.263 e. The number of nitriles is 1. The highest BCUT2D eigenvalue weighted by Gasteiger charge is 2.07. The minimum atomic E-state index is -0.337. The molecule has 132 valence electrons. The Hall–Kier alpha value is -1.58. The molecule has 0 aliphatic carbocycles. The average Bonchev–Trinajstić information content (AvgIpc) is 2.57. The maximum absolute atomic E-state index is 11.9. The number of amides is 1. The van der Waals surface area contributed by atoms with E-state index >= 15 is 0 Å². The van der Waals surface area contributed by atoms with E-state index in [2.05, 4.69) is 36.3 Å². The fraction of sp³-hybridized carbons (Fsp3) is 0.765. The lowest BCUT2D eigenvalue weighted by Gasteiger charge is -2.17. The van der Waals surface area contributed by atoms with Gasteiger partial charge in [0.1, 0.15) is 11.6 Å². The lowest BCUT2D eigenvalue weighted by atomic mass is 10.3. The van der Waals surface area contributed by atoms with Crippen LogP contribution in [0.3, 0.4) is 0 Å². The first kappa shape index (κ1) is 21.4. The van der Waals surface area contributed by atoms with Crippen molar-refractivity contribution >= 4 is 5.91 Å². The molecule has 0 spiro atoms. The summed E-state index contributed by atoms with van der Waals surface area (Å²) in [6.07, 6.45) is 4.43. The van der Waals surface area contributed by atoms with Crippen LogP contribution in [0.15, 0.2) is 11.8 Å². The third-order valence-corrected chi connectivity index (χ3v) is 3.47. The number of nitrogens with one attached hydrogen (secondary N) is 2. The van der Waals surface area contributed by atoms with Gasteiger partial charge in [0.05, 0.1) is 0 Å². The first-order valence-electron chi connectivity index (χ1n) is 8.61. The summed E-state index contributed by atoms with van der Waals surface area (Å²) < 4.78 is 5.42. The van der Waals surface area contributed by atoms with Gasteiger partial charge in [-0.05, 0) is 25.9 Å². The fourth-order valence-electron chi connectivity index (χ4n) is 1.91. The van der Waals surface area contributed by atoms with Gasteiger partial charge in [-0.25, -0.2) is 0 Å². The third kappa shape index (κ3) is 11.6. The Morgan fingerprint density at radius 1 is 1.17 bits per heavy atom. The van der Waals surface area contributed by atoms with E-state index in [1.807, 2.05) is 6.07 Å². The minimum absolute atomic E-state index is 0.108. The summed E-state index contributed by atoms with van der Waals surface area (Å²) in [7, 11) is 0. The summed E-state index contributed by atoms with van der Waals surface area (Å²) in [4.78, 5) is 14.1. The van der Waals surface area contributed by atoms with Crippen molar-refractivity contribution < 1.29 is 9.53 Å². The molecular formula is C17H32N4O2. The topological polar surface area (TPSA) is 77.4 Å². The van der Waals surface area contributed by atoms with Crippen LogP contribution in [-0.2, 0) is 9.53 Å². The van der Waals surface area contributed by atoms with Gasteiger partial charge in [-0.2, -0.15) is 5.26 Å². The average molecular weight is 324 g/mol. The minimum Gasteiger partial charge on any atom is -0.388 e. The second kappa shape index (κ2) is 15.3. The van der Waals surface area contributed by atoms with E-state index in [4.69, 9.17) is 10.00 Å². The van der Waals surface area contributed by atoms with E-state index in [1.54, 1.807) is 0 Å². The van der Waals surface area contributed by atoms with Crippen LogP contribution in [0.1, 0.15) is 40.0 Å². The van der Waals surface area contributed by atoms with Gasteiger partial charge in [-0.1, -0.05) is 27.2 Å². The lowest BCUT2D eigenvalue weighted by molar-refractivity contribution is -0.117. The molecule has 0 atom stereocenters. The predicted octanol–water partition coefficient (Wildman–Crippen LogP) is 1.65. The van der Waals surface area contributed by atoms with Gasteiger partial charge in [0.2, 0.25) is 0 Å². The van der Waals surface area contributed by atoms with Gasteiger partial charge in [-0.3, -0.25) is 4.79 Å². The second-order valence-electron chi connectivity index (χ2n) is 5.23. The Morgan fingerprint density at radius 3 is 2.48 bits per heavy atom. The molecule has 0 heterocycles. The molecule has 23 heavy (non-hydrogen) atoms. The second-order valence-corrected chi connectivity index (χ2v) is 5.23. The Balaban J connectivity index is 3.89. The van der Waals surface area contributed by atoms with Crippen LogP contribution in [-0.4, -0.2) is 56.7 Å². The van der Waals surface area contributed by atoms with Crippen molar-refractivity contribution in [2.24, 2.45) is 0 Å². The van der Waals surface area contributed by atoms with Crippen LogP contribution in [0.2, 0.25) is 0 Å². The Labute approximate surface area is 140 Å². The molecule has 2 N–H and O–H groups in total. The molecule has 0 saturated heterocycles. The van der Waals surface area contributed by atoms with Crippen LogP contribution in [0.25, 0.3) is 0 Å². The lowest BCUT2D eigenvalue weighted by Crippen LogP contribution is -2.31. The van der Waals surface area contributed by atoms with Crippen LogP contribution in [0.5, 0.6) is 0 Å². The van der Waals surface area contributed by atoms with E-state index in [0.29, 0.717) is 19.7 Å². The van der Waals surface area contributed by atoms with Gasteiger partial charge < -0.3 is 20.3 Å². The normalized spacial score (nSPS) is 11.3. The highest BCUT2D eigenvalue weighted by Crippen LogP contribution is 1.93. The summed E-state index contributed by atoms with van der Waals surface area (Å²) >= 11 is 0. The van der Waals surface area contributed by atoms with Gasteiger partial charge >= 0.3 is 0 Å². The molecule has 0 aromatic rings. The van der Waals surface area contributed by atoms with E-state index in [9.17, 15) is 4.79 Å². The molecule has 0 fully saturated rings. The van der Waals surface area contributed by atoms with Crippen molar-refractivity contribution in [1.82, 2.24) is 15.5 Å². The molecule has 0 aromatic carbocycles. The van der Waals surface area contributed by atoms with Crippen LogP contribution < -0.4 is 10.6 Å². The zero-order chi connectivity index (χ0) is 17.3. The highest BCUT2D eigenvalue weighted by atomic mass is 16.5. The molecule has 0 bridgehead atoms. The number of carbonyl (C=O) groups excluding carboxylic acids is 1. The van der Waals surface area contributed by atoms with E-state index in [1.165, 1.54) is 6.20 Å². The Kier molecular flexibility index (Phi) is 14.3. The first-order chi connectivity index (χ1) is 11.2. The maximum atomic E-state index is 11.9. The standard InChI is InChI=1S/C17H32N4O2/c1-4-7-12-23-13-8-9-20-17(22)16(14-18)15-19-10-11-21(5-2)6-3/h15,19H,4-13H2,1-3H3,(H,20,22)/b16-15-. The van der Waals surface area contributed by atoms with Crippen LogP contribution >= 0.6 is 0 Å². The van der Waals surface area contributed by atoms with Gasteiger partial charge in [0.15, 0.2) is 0 Å². The maximum Gasteiger partial charge on any atom is 0.263 e. The van der Waals surface area contributed by atoms with E-state index in [-0.39, 0.29) is 11.5 Å². The monoisotopic (exact) mass is 324 g/mol. The van der Waals surface area contributed by atoms with Gasteiger partial charge in [-0.15, -0.1) is 0 Å². The number of nitrogens with zero attached hydrogens (tertiary/aromatic N) is 2. The third-order valence-electron chi connectivity index (χ3n) is 3.47. The van der Waals surface area contributed by atoms with Crippen molar-refractivity contribution in [2.45, 2.75) is 40.0 Å². The van der Waals surface area contributed by atoms with Crippen molar-refractivity contribution in [2.75, 3.05) is 45.9 Å². The number of likely N-dealkylation sites (N-methyl/N-ethyl adjacent to an activating group) is 1. The molecule has 0 aliphatic rings. The molecule has 0 radical (unpaired) electrons. The molecule has 0 saturated carbocycles. The van der Waals surface area contributed by atoms with Crippen molar-refractivity contribution in [3.05, 3.63) is 11.8 Å². The van der Waals surface area contributed by atoms with E-state index in [0.717, 1.165) is 45.5 Å². The molecular weight excluding hydrogens is 292 g/mol. The van der Waals surface area contributed by atoms with Crippen LogP contribution in [0, 0.1) is 11.3 Å². The van der Waals surface area contributed by atoms with Gasteiger partial charge in [0, 0.05) is 39.0 Å². The number of rotatable bonds is 14. The number of carbonyl (C=O) groups is 1. The summed E-state index contributed by atoms with van der Waals surface area (Å²) in [5, 5.41) is 14.8. The van der Waals surface area contributed by atoms with Crippen molar-refractivity contribution in [1.29, 1.82) is 5.26 Å². The zero-order valence-corrected chi connectivity index (χ0v) is 14.9. The zero-order valence-electron chi connectivity index (χ0n) is 14.9.